The molecule has 21 heavy (non-hydrogen) atoms. The van der Waals surface area contributed by atoms with E-state index in [1.807, 2.05) is 0 Å². The van der Waals surface area contributed by atoms with Crippen molar-refractivity contribution in [1.82, 2.24) is 4.90 Å². The molecule has 1 aliphatic carbocycles. The van der Waals surface area contributed by atoms with Crippen LogP contribution in [0.15, 0.2) is 0 Å². The smallest absolute Gasteiger partial charge is 0.303 e. The predicted molar refractivity (Wildman–Crippen MR) is 82.0 cm³/mol. The van der Waals surface area contributed by atoms with Crippen molar-refractivity contribution in [3.63, 3.8) is 0 Å². The number of likely N-dealkylation sites (tertiary alicyclic amines) is 1. The molecule has 2 aliphatic rings. The molecule has 4 nitrogen and oxygen atoms in total. The topological polar surface area (TPSA) is 57.6 Å². The van der Waals surface area contributed by atoms with Crippen LogP contribution in [0.2, 0.25) is 0 Å². The molecule has 1 aliphatic heterocycles. The molecule has 1 N–H and O–H groups in total. The van der Waals surface area contributed by atoms with Gasteiger partial charge in [-0.2, -0.15) is 0 Å². The Bertz CT molecular complexity index is 374. The number of hydrogen-bond acceptors (Lipinski definition) is 2. The Morgan fingerprint density at radius 1 is 1.14 bits per heavy atom. The highest BCUT2D eigenvalue weighted by Gasteiger charge is 2.42. The van der Waals surface area contributed by atoms with Crippen molar-refractivity contribution in [2.45, 2.75) is 71.1 Å². The molecule has 1 unspecified atom stereocenters. The highest BCUT2D eigenvalue weighted by Crippen LogP contribution is 2.46. The lowest BCUT2D eigenvalue weighted by Crippen LogP contribution is -2.50. The molecule has 1 spiro atoms. The van der Waals surface area contributed by atoms with Gasteiger partial charge in [0.25, 0.3) is 0 Å². The summed E-state index contributed by atoms with van der Waals surface area (Å²) in [6, 6.07) is 0. The fraction of sp³-hybridized carbons (Fsp3) is 0.882. The Labute approximate surface area is 127 Å². The number of carbonyl (C=O) groups excluding carboxylic acids is 1. The van der Waals surface area contributed by atoms with Crippen LogP contribution in [0.4, 0.5) is 0 Å². The lowest BCUT2D eigenvalue weighted by Gasteiger charge is -2.49. The summed E-state index contributed by atoms with van der Waals surface area (Å²) in [5.74, 6) is 0.196. The first kappa shape index (κ1) is 16.3. The standard InChI is InChI=1S/C17H29NO3/c1-14-9-12-18(13-17(14)10-5-2-6-11-17)15(19)7-3-4-8-16(20)21/h14H,2-13H2,1H3,(H,20,21). The average Bonchev–Trinajstić information content (AvgIpc) is 2.47. The summed E-state index contributed by atoms with van der Waals surface area (Å²) in [6.45, 7) is 4.19. The van der Waals surface area contributed by atoms with E-state index >= 15 is 0 Å². The van der Waals surface area contributed by atoms with E-state index in [0.29, 0.717) is 24.7 Å². The van der Waals surface area contributed by atoms with E-state index < -0.39 is 5.97 Å². The van der Waals surface area contributed by atoms with Crippen molar-refractivity contribution in [1.29, 1.82) is 0 Å². The highest BCUT2D eigenvalue weighted by molar-refractivity contribution is 5.76. The third kappa shape index (κ3) is 4.21. The number of carbonyl (C=O) groups is 2. The van der Waals surface area contributed by atoms with E-state index in [9.17, 15) is 9.59 Å². The summed E-state index contributed by atoms with van der Waals surface area (Å²) >= 11 is 0. The SMILES string of the molecule is CC1CCN(C(=O)CCCCC(=O)O)CC12CCCCC2. The van der Waals surface area contributed by atoms with E-state index in [-0.39, 0.29) is 12.3 Å². The fourth-order valence-electron chi connectivity index (χ4n) is 4.10. The Morgan fingerprint density at radius 3 is 2.48 bits per heavy atom. The number of hydrogen-bond donors (Lipinski definition) is 1. The van der Waals surface area contributed by atoms with Crippen LogP contribution in [-0.4, -0.2) is 35.0 Å². The Morgan fingerprint density at radius 2 is 1.81 bits per heavy atom. The number of carboxylic acid groups (broad SMARTS) is 1. The molecule has 0 bridgehead atoms. The molecule has 1 saturated heterocycles. The van der Waals surface area contributed by atoms with Crippen molar-refractivity contribution in [3.05, 3.63) is 0 Å². The van der Waals surface area contributed by atoms with Gasteiger partial charge in [0.2, 0.25) is 5.91 Å². The zero-order valence-electron chi connectivity index (χ0n) is 13.3. The van der Waals surface area contributed by atoms with Gasteiger partial charge >= 0.3 is 5.97 Å². The van der Waals surface area contributed by atoms with Gasteiger partial charge in [-0.15, -0.1) is 0 Å². The second-order valence-corrected chi connectivity index (χ2v) is 7.03. The van der Waals surface area contributed by atoms with Gasteiger partial charge < -0.3 is 10.0 Å². The van der Waals surface area contributed by atoms with Crippen LogP contribution < -0.4 is 0 Å². The van der Waals surface area contributed by atoms with Crippen LogP contribution >= 0.6 is 0 Å². The average molecular weight is 295 g/mol. The molecule has 2 rings (SSSR count). The summed E-state index contributed by atoms with van der Waals surface area (Å²) < 4.78 is 0. The number of unbranched alkanes of at least 4 members (excludes halogenated alkanes) is 1. The summed E-state index contributed by atoms with van der Waals surface area (Å²) in [5, 5.41) is 8.63. The molecule has 1 amide bonds. The third-order valence-corrected chi connectivity index (χ3v) is 5.62. The van der Waals surface area contributed by atoms with Gasteiger partial charge in [0.1, 0.15) is 0 Å². The van der Waals surface area contributed by atoms with Crippen molar-refractivity contribution in [2.24, 2.45) is 11.3 Å². The second kappa shape index (κ2) is 7.28. The fourth-order valence-corrected chi connectivity index (χ4v) is 4.10. The van der Waals surface area contributed by atoms with Crippen LogP contribution in [0, 0.1) is 11.3 Å². The van der Waals surface area contributed by atoms with Gasteiger partial charge in [0.05, 0.1) is 0 Å². The van der Waals surface area contributed by atoms with Crippen LogP contribution in [0.25, 0.3) is 0 Å². The molecule has 2 fully saturated rings. The van der Waals surface area contributed by atoms with Gasteiger partial charge in [-0.05, 0) is 43.4 Å². The van der Waals surface area contributed by atoms with E-state index in [1.165, 1.54) is 32.1 Å². The molecular formula is C17H29NO3. The minimum Gasteiger partial charge on any atom is -0.481 e. The number of carboxylic acids is 1. The Kier molecular flexibility index (Phi) is 5.65. The first-order valence-electron chi connectivity index (χ1n) is 8.53. The minimum atomic E-state index is -0.768. The lowest BCUT2D eigenvalue weighted by atomic mass is 9.63. The van der Waals surface area contributed by atoms with Gasteiger partial charge in [-0.3, -0.25) is 9.59 Å². The second-order valence-electron chi connectivity index (χ2n) is 7.03. The zero-order chi connectivity index (χ0) is 15.3. The van der Waals surface area contributed by atoms with Crippen LogP contribution in [0.1, 0.15) is 71.1 Å². The highest BCUT2D eigenvalue weighted by atomic mass is 16.4. The monoisotopic (exact) mass is 295 g/mol. The summed E-state index contributed by atoms with van der Waals surface area (Å²) in [7, 11) is 0. The van der Waals surface area contributed by atoms with E-state index in [0.717, 1.165) is 25.4 Å². The maximum Gasteiger partial charge on any atom is 0.303 e. The summed E-state index contributed by atoms with van der Waals surface area (Å²) in [4.78, 5) is 24.9. The largest absolute Gasteiger partial charge is 0.481 e. The number of amides is 1. The number of nitrogens with zero attached hydrogens (tertiary/aromatic N) is 1. The van der Waals surface area contributed by atoms with Gasteiger partial charge in [0.15, 0.2) is 0 Å². The lowest BCUT2D eigenvalue weighted by molar-refractivity contribution is -0.139. The van der Waals surface area contributed by atoms with E-state index in [4.69, 9.17) is 5.11 Å². The third-order valence-electron chi connectivity index (χ3n) is 5.62. The number of rotatable bonds is 5. The predicted octanol–water partition coefficient (Wildman–Crippen LogP) is 3.45. The van der Waals surface area contributed by atoms with Crippen molar-refractivity contribution in [2.75, 3.05) is 13.1 Å². The molecule has 1 saturated carbocycles. The molecule has 120 valence electrons. The Balaban J connectivity index is 1.83. The van der Waals surface area contributed by atoms with E-state index in [1.54, 1.807) is 0 Å². The maximum atomic E-state index is 12.4. The van der Waals surface area contributed by atoms with Gasteiger partial charge in [0, 0.05) is 25.9 Å². The normalized spacial score (nSPS) is 25.0. The summed E-state index contributed by atoms with van der Waals surface area (Å²) in [5.41, 5.74) is 0.368. The van der Waals surface area contributed by atoms with Crippen molar-refractivity contribution in [3.8, 4) is 0 Å². The summed E-state index contributed by atoms with van der Waals surface area (Å²) in [6.07, 6.45) is 9.63. The molecule has 0 aromatic rings. The molecule has 0 aromatic carbocycles. The minimum absolute atomic E-state index is 0.175. The van der Waals surface area contributed by atoms with Crippen LogP contribution in [0.3, 0.4) is 0 Å². The van der Waals surface area contributed by atoms with Gasteiger partial charge in [-0.25, -0.2) is 0 Å². The van der Waals surface area contributed by atoms with E-state index in [2.05, 4.69) is 11.8 Å². The molecule has 0 radical (unpaired) electrons. The molecular weight excluding hydrogens is 266 g/mol. The molecule has 4 heteroatoms. The first-order chi connectivity index (χ1) is 10.0. The number of aliphatic carboxylic acids is 1. The maximum absolute atomic E-state index is 12.4. The number of piperidine rings is 1. The van der Waals surface area contributed by atoms with Crippen molar-refractivity contribution < 1.29 is 14.7 Å². The Hall–Kier alpha value is -1.06. The van der Waals surface area contributed by atoms with Crippen molar-refractivity contribution >= 4 is 11.9 Å². The van der Waals surface area contributed by atoms with Crippen LogP contribution in [-0.2, 0) is 9.59 Å². The molecule has 1 heterocycles. The zero-order valence-corrected chi connectivity index (χ0v) is 13.3. The first-order valence-corrected chi connectivity index (χ1v) is 8.53. The van der Waals surface area contributed by atoms with Crippen LogP contribution in [0.5, 0.6) is 0 Å². The van der Waals surface area contributed by atoms with Gasteiger partial charge in [-0.1, -0.05) is 26.2 Å². The molecule has 0 aromatic heterocycles. The quantitative estimate of drug-likeness (QED) is 0.790. The molecule has 1 atom stereocenters.